The van der Waals surface area contributed by atoms with Gasteiger partial charge in [-0.05, 0) is 18.9 Å². The van der Waals surface area contributed by atoms with Gasteiger partial charge in [-0.15, -0.1) is 0 Å². The normalized spacial score (nSPS) is 11.1. The van der Waals surface area contributed by atoms with Crippen LogP contribution in [0.1, 0.15) is 28.6 Å². The van der Waals surface area contributed by atoms with E-state index in [1.165, 1.54) is 11.3 Å². The summed E-state index contributed by atoms with van der Waals surface area (Å²) in [6.07, 6.45) is 0.635. The number of aromatic nitrogens is 1. The summed E-state index contributed by atoms with van der Waals surface area (Å²) in [4.78, 5) is 27.1. The molecule has 2 aromatic carbocycles. The van der Waals surface area contributed by atoms with Crippen molar-refractivity contribution in [1.82, 2.24) is 4.98 Å². The smallest absolute Gasteiger partial charge is 0.257 e. The Morgan fingerprint density at radius 3 is 2.46 bits per heavy atom. The molecule has 0 radical (unpaired) electrons. The van der Waals surface area contributed by atoms with Crippen LogP contribution in [0.5, 0.6) is 0 Å². The number of nitrogens with one attached hydrogen (secondary N) is 1. The zero-order valence-electron chi connectivity index (χ0n) is 15.5. The molecule has 142 valence electrons. The second-order valence-corrected chi connectivity index (χ2v) is 6.85. The minimum atomic E-state index is -0.205. The molecule has 3 aromatic rings. The van der Waals surface area contributed by atoms with E-state index in [0.29, 0.717) is 23.0 Å². The largest absolute Gasteiger partial charge is 0.388 e. The number of hydrogen-bond donors (Lipinski definition) is 1. The number of carbonyl (C=O) groups is 1. The number of anilines is 1. The second kappa shape index (κ2) is 9.57. The Bertz CT molecular complexity index is 969. The summed E-state index contributed by atoms with van der Waals surface area (Å²) in [5.74, 6) is 0.326. The molecule has 0 saturated carbocycles. The van der Waals surface area contributed by atoms with Gasteiger partial charge in [-0.25, -0.2) is 9.98 Å². The number of hydrogen-bond acceptors (Lipinski definition) is 5. The molecule has 1 amide bonds. The average Bonchev–Trinajstić information content (AvgIpc) is 3.15. The topological polar surface area (TPSA) is 75.9 Å². The first-order valence-electron chi connectivity index (χ1n) is 8.78. The van der Waals surface area contributed by atoms with Crippen molar-refractivity contribution >= 4 is 34.9 Å². The molecule has 1 heterocycles. The van der Waals surface area contributed by atoms with Crippen molar-refractivity contribution in [2.24, 2.45) is 10.1 Å². The number of thiazole rings is 1. The maximum Gasteiger partial charge on any atom is 0.257 e. The molecule has 3 rings (SSSR count). The van der Waals surface area contributed by atoms with Crippen molar-refractivity contribution in [3.05, 3.63) is 71.1 Å². The first kappa shape index (κ1) is 19.4. The summed E-state index contributed by atoms with van der Waals surface area (Å²) in [5.41, 5.74) is 2.28. The molecule has 0 aliphatic rings. The van der Waals surface area contributed by atoms with Crippen molar-refractivity contribution < 1.29 is 9.63 Å². The first-order valence-corrected chi connectivity index (χ1v) is 9.60. The molecule has 0 unspecified atom stereocenters. The van der Waals surface area contributed by atoms with Crippen molar-refractivity contribution in [2.45, 2.75) is 20.0 Å². The van der Waals surface area contributed by atoms with E-state index in [4.69, 9.17) is 4.84 Å². The zero-order chi connectivity index (χ0) is 19.8. The fraction of sp³-hybridized carbons (Fsp3) is 0.143. The second-order valence-electron chi connectivity index (χ2n) is 5.77. The van der Waals surface area contributed by atoms with Crippen LogP contribution >= 0.6 is 11.3 Å². The fourth-order valence-electron chi connectivity index (χ4n) is 2.45. The van der Waals surface area contributed by atoms with E-state index in [2.05, 4.69) is 27.2 Å². The molecule has 0 atom stereocenters. The van der Waals surface area contributed by atoms with Crippen LogP contribution in [-0.2, 0) is 11.4 Å². The molecule has 0 aliphatic heterocycles. The number of oxime groups is 1. The van der Waals surface area contributed by atoms with Crippen molar-refractivity contribution in [3.8, 4) is 11.3 Å². The van der Waals surface area contributed by atoms with E-state index in [-0.39, 0.29) is 12.5 Å². The summed E-state index contributed by atoms with van der Waals surface area (Å²) in [5, 5.41) is 7.35. The standard InChI is InChI=1S/C21H20N4O2S/c1-3-18(22-2)25-27-14-17-19(15-10-6-4-7-11-15)23-21(28-17)24-20(26)16-12-8-5-9-13-16/h4-13H,2-3,14H2,1H3,(H,23,24,26)/b25-18-. The van der Waals surface area contributed by atoms with Crippen LogP contribution in [0.3, 0.4) is 0 Å². The Morgan fingerprint density at radius 2 is 1.82 bits per heavy atom. The van der Waals surface area contributed by atoms with Gasteiger partial charge in [0.05, 0.1) is 10.6 Å². The van der Waals surface area contributed by atoms with Crippen LogP contribution in [0, 0.1) is 0 Å². The lowest BCUT2D eigenvalue weighted by atomic mass is 10.1. The molecule has 0 fully saturated rings. The number of amidine groups is 1. The monoisotopic (exact) mass is 392 g/mol. The van der Waals surface area contributed by atoms with Crippen molar-refractivity contribution in [2.75, 3.05) is 5.32 Å². The van der Waals surface area contributed by atoms with Crippen LogP contribution in [0.25, 0.3) is 11.3 Å². The fourth-order valence-corrected chi connectivity index (χ4v) is 3.34. The highest BCUT2D eigenvalue weighted by Gasteiger charge is 2.16. The number of carbonyl (C=O) groups excluding carboxylic acids is 1. The molecular formula is C21H20N4O2S. The van der Waals surface area contributed by atoms with Crippen molar-refractivity contribution in [1.29, 1.82) is 0 Å². The summed E-state index contributed by atoms with van der Waals surface area (Å²) < 4.78 is 0. The molecule has 1 N–H and O–H groups in total. The van der Waals surface area contributed by atoms with Crippen LogP contribution < -0.4 is 5.32 Å². The van der Waals surface area contributed by atoms with Crippen molar-refractivity contribution in [3.63, 3.8) is 0 Å². The first-order chi connectivity index (χ1) is 13.7. The third kappa shape index (κ3) is 4.89. The number of rotatable bonds is 7. The Kier molecular flexibility index (Phi) is 6.64. The van der Waals surface area contributed by atoms with Crippen LogP contribution in [0.4, 0.5) is 5.13 Å². The van der Waals surface area contributed by atoms with E-state index >= 15 is 0 Å². The summed E-state index contributed by atoms with van der Waals surface area (Å²) in [6.45, 7) is 5.62. The molecule has 6 nitrogen and oxygen atoms in total. The zero-order valence-corrected chi connectivity index (χ0v) is 16.3. The molecule has 0 aliphatic carbocycles. The number of nitrogens with zero attached hydrogens (tertiary/aromatic N) is 3. The maximum atomic E-state index is 12.4. The van der Waals surface area contributed by atoms with E-state index < -0.39 is 0 Å². The predicted octanol–water partition coefficient (Wildman–Crippen LogP) is 5.00. The van der Waals surface area contributed by atoms with Gasteiger partial charge in [-0.1, -0.05) is 71.9 Å². The number of aliphatic imine (C=N–C) groups is 1. The van der Waals surface area contributed by atoms with Gasteiger partial charge in [0.2, 0.25) is 0 Å². The van der Waals surface area contributed by atoms with Gasteiger partial charge in [0, 0.05) is 17.5 Å². The highest BCUT2D eigenvalue weighted by molar-refractivity contribution is 7.16. The minimum absolute atomic E-state index is 0.205. The average molecular weight is 392 g/mol. The SMILES string of the molecule is C=N/C(CC)=N\OCc1sc(NC(=O)c2ccccc2)nc1-c1ccccc1. The quantitative estimate of drug-likeness (QED) is 0.349. The Hall–Kier alpha value is -3.32. The van der Waals surface area contributed by atoms with Gasteiger partial charge in [-0.3, -0.25) is 10.1 Å². The highest BCUT2D eigenvalue weighted by atomic mass is 32.1. The number of amides is 1. The number of benzene rings is 2. The lowest BCUT2D eigenvalue weighted by Gasteiger charge is -2.02. The van der Waals surface area contributed by atoms with Gasteiger partial charge < -0.3 is 4.84 Å². The summed E-state index contributed by atoms with van der Waals surface area (Å²) in [7, 11) is 0. The Balaban J connectivity index is 1.84. The molecule has 0 bridgehead atoms. The van der Waals surface area contributed by atoms with Crippen LogP contribution in [0.15, 0.2) is 70.8 Å². The van der Waals surface area contributed by atoms with Gasteiger partial charge in [0.1, 0.15) is 0 Å². The molecule has 28 heavy (non-hydrogen) atoms. The van der Waals surface area contributed by atoms with E-state index in [9.17, 15) is 4.79 Å². The summed E-state index contributed by atoms with van der Waals surface area (Å²) >= 11 is 1.36. The van der Waals surface area contributed by atoms with Gasteiger partial charge in [0.15, 0.2) is 17.6 Å². The third-order valence-electron chi connectivity index (χ3n) is 3.87. The third-order valence-corrected chi connectivity index (χ3v) is 4.81. The summed E-state index contributed by atoms with van der Waals surface area (Å²) in [6, 6.07) is 18.8. The van der Waals surface area contributed by atoms with Gasteiger partial charge in [0.25, 0.3) is 5.91 Å². The predicted molar refractivity (Wildman–Crippen MR) is 114 cm³/mol. The minimum Gasteiger partial charge on any atom is -0.388 e. The Morgan fingerprint density at radius 1 is 1.14 bits per heavy atom. The van der Waals surface area contributed by atoms with E-state index in [1.807, 2.05) is 55.5 Å². The molecule has 0 spiro atoms. The molecule has 1 aromatic heterocycles. The lowest BCUT2D eigenvalue weighted by Crippen LogP contribution is -2.11. The molecular weight excluding hydrogens is 372 g/mol. The van der Waals surface area contributed by atoms with E-state index in [1.54, 1.807) is 12.1 Å². The molecule has 0 saturated heterocycles. The lowest BCUT2D eigenvalue weighted by molar-refractivity contribution is 0.102. The van der Waals surface area contributed by atoms with E-state index in [0.717, 1.165) is 16.1 Å². The Labute approximate surface area is 167 Å². The maximum absolute atomic E-state index is 12.4. The molecule has 7 heteroatoms. The van der Waals surface area contributed by atoms with Gasteiger partial charge in [-0.2, -0.15) is 0 Å². The van der Waals surface area contributed by atoms with Gasteiger partial charge >= 0.3 is 0 Å². The van der Waals surface area contributed by atoms with Crippen LogP contribution in [0.2, 0.25) is 0 Å². The highest BCUT2D eigenvalue weighted by Crippen LogP contribution is 2.32. The van der Waals surface area contributed by atoms with Crippen LogP contribution in [-0.4, -0.2) is 23.4 Å².